The van der Waals surface area contributed by atoms with Crippen molar-refractivity contribution >= 4 is 17.6 Å². The molecular formula is C29H32ClF4NO4. The molecule has 2 heterocycles. The number of likely N-dealkylation sites (tertiary alicyclic amines) is 1. The van der Waals surface area contributed by atoms with Gasteiger partial charge >= 0.3 is 12.3 Å². The molecule has 2 aromatic carbocycles. The minimum Gasteiger partial charge on any atom is -0.484 e. The third-order valence-corrected chi connectivity index (χ3v) is 8.62. The van der Waals surface area contributed by atoms with Crippen LogP contribution in [0, 0.1) is 17.7 Å². The summed E-state index contributed by atoms with van der Waals surface area (Å²) in [5.41, 5.74) is 1.12. The molecule has 0 N–H and O–H groups in total. The molecular weight excluding hydrogens is 538 g/mol. The van der Waals surface area contributed by atoms with E-state index in [-0.39, 0.29) is 35.8 Å². The number of benzene rings is 2. The highest BCUT2D eigenvalue weighted by Crippen LogP contribution is 2.50. The lowest BCUT2D eigenvalue weighted by molar-refractivity contribution is -0.275. The van der Waals surface area contributed by atoms with Crippen LogP contribution in [-0.2, 0) is 22.5 Å². The van der Waals surface area contributed by atoms with Crippen LogP contribution in [0.5, 0.6) is 11.5 Å². The van der Waals surface area contributed by atoms with E-state index in [1.807, 2.05) is 11.0 Å². The predicted molar refractivity (Wildman–Crippen MR) is 137 cm³/mol. The van der Waals surface area contributed by atoms with Gasteiger partial charge in [-0.2, -0.15) is 0 Å². The molecule has 2 aromatic rings. The van der Waals surface area contributed by atoms with Crippen LogP contribution in [0.25, 0.3) is 0 Å². The predicted octanol–water partition coefficient (Wildman–Crippen LogP) is 7.04. The molecule has 10 heteroatoms. The molecule has 0 amide bonds. The lowest BCUT2D eigenvalue weighted by Crippen LogP contribution is -2.49. The Bertz CT molecular complexity index is 1220. The molecule has 3 aliphatic rings. The number of hydrogen-bond donors (Lipinski definition) is 0. The molecule has 1 aliphatic carbocycles. The maximum Gasteiger partial charge on any atom is 0.573 e. The van der Waals surface area contributed by atoms with E-state index in [1.54, 1.807) is 13.0 Å². The van der Waals surface area contributed by atoms with Crippen molar-refractivity contribution < 1.29 is 36.6 Å². The Morgan fingerprint density at radius 1 is 1.18 bits per heavy atom. The van der Waals surface area contributed by atoms with Crippen molar-refractivity contribution in [3.8, 4) is 11.5 Å². The number of fused-ring (bicyclic) bond motifs is 1. The van der Waals surface area contributed by atoms with Gasteiger partial charge in [-0.25, -0.2) is 4.39 Å². The molecule has 1 saturated carbocycles. The summed E-state index contributed by atoms with van der Waals surface area (Å²) in [6.07, 6.45) is -0.277. The van der Waals surface area contributed by atoms with Gasteiger partial charge in [0, 0.05) is 36.1 Å². The first-order chi connectivity index (χ1) is 18.5. The summed E-state index contributed by atoms with van der Waals surface area (Å²) < 4.78 is 70.3. The fraction of sp³-hybridized carbons (Fsp3) is 0.552. The molecule has 212 valence electrons. The summed E-state index contributed by atoms with van der Waals surface area (Å²) in [7, 11) is 1.35. The fourth-order valence-corrected chi connectivity index (χ4v) is 6.33. The summed E-state index contributed by atoms with van der Waals surface area (Å²) >= 11 is 6.05. The first-order valence-corrected chi connectivity index (χ1v) is 13.7. The maximum atomic E-state index is 16.0. The number of hydrogen-bond acceptors (Lipinski definition) is 5. The third-order valence-electron chi connectivity index (χ3n) is 8.39. The zero-order valence-electron chi connectivity index (χ0n) is 22.0. The fourth-order valence-electron chi connectivity index (χ4n) is 6.13. The highest BCUT2D eigenvalue weighted by molar-refractivity contribution is 6.30. The Hall–Kier alpha value is -2.52. The van der Waals surface area contributed by atoms with Crippen molar-refractivity contribution in [2.45, 2.75) is 69.9 Å². The number of piperidine rings is 1. The normalized spacial score (nSPS) is 20.6. The number of carbonyl (C=O) groups excluding carboxylic acids is 1. The number of methoxy groups -OCH3 is 1. The van der Waals surface area contributed by atoms with Crippen molar-refractivity contribution in [1.82, 2.24) is 4.90 Å². The Morgan fingerprint density at radius 2 is 1.90 bits per heavy atom. The molecule has 1 spiro atoms. The minimum atomic E-state index is -4.80. The molecule has 2 unspecified atom stereocenters. The average Bonchev–Trinajstić information content (AvgIpc) is 3.73. The molecule has 5 rings (SSSR count). The van der Waals surface area contributed by atoms with Crippen molar-refractivity contribution in [2.24, 2.45) is 11.8 Å². The first-order valence-electron chi connectivity index (χ1n) is 13.3. The van der Waals surface area contributed by atoms with Gasteiger partial charge in [0.05, 0.1) is 13.0 Å². The summed E-state index contributed by atoms with van der Waals surface area (Å²) in [6, 6.07) is 7.80. The highest BCUT2D eigenvalue weighted by atomic mass is 35.5. The van der Waals surface area contributed by atoms with Gasteiger partial charge in [-0.05, 0) is 73.8 Å². The molecule has 0 bridgehead atoms. The van der Waals surface area contributed by atoms with E-state index in [0.29, 0.717) is 48.5 Å². The van der Waals surface area contributed by atoms with Crippen LogP contribution in [0.4, 0.5) is 17.6 Å². The number of rotatable bonds is 7. The lowest BCUT2D eigenvalue weighted by atomic mass is 9.80. The topological polar surface area (TPSA) is 48.0 Å². The second kappa shape index (κ2) is 10.8. The zero-order valence-corrected chi connectivity index (χ0v) is 22.7. The van der Waals surface area contributed by atoms with E-state index >= 15 is 4.39 Å². The molecule has 0 radical (unpaired) electrons. The summed E-state index contributed by atoms with van der Waals surface area (Å²) in [6.45, 7) is 3.17. The Kier molecular flexibility index (Phi) is 7.76. The number of carbonyl (C=O) groups is 1. The van der Waals surface area contributed by atoms with Crippen LogP contribution < -0.4 is 9.47 Å². The van der Waals surface area contributed by atoms with Gasteiger partial charge in [0.25, 0.3) is 0 Å². The number of alkyl halides is 3. The lowest BCUT2D eigenvalue weighted by Gasteiger charge is -2.45. The van der Waals surface area contributed by atoms with Gasteiger partial charge in [0.2, 0.25) is 0 Å². The molecule has 39 heavy (non-hydrogen) atoms. The van der Waals surface area contributed by atoms with E-state index in [0.717, 1.165) is 24.8 Å². The van der Waals surface area contributed by atoms with E-state index in [4.69, 9.17) is 21.1 Å². The van der Waals surface area contributed by atoms with Gasteiger partial charge in [0.15, 0.2) is 11.6 Å². The second-order valence-electron chi connectivity index (χ2n) is 11.0. The quantitative estimate of drug-likeness (QED) is 0.264. The first kappa shape index (κ1) is 28.0. The van der Waals surface area contributed by atoms with Crippen molar-refractivity contribution in [3.05, 3.63) is 57.9 Å². The average molecular weight is 570 g/mol. The van der Waals surface area contributed by atoms with Crippen LogP contribution in [0.2, 0.25) is 5.02 Å². The van der Waals surface area contributed by atoms with Gasteiger partial charge < -0.3 is 14.2 Å². The van der Waals surface area contributed by atoms with Crippen LogP contribution in [0.15, 0.2) is 30.3 Å². The molecule has 0 aromatic heterocycles. The van der Waals surface area contributed by atoms with Crippen LogP contribution in [0.3, 0.4) is 0 Å². The van der Waals surface area contributed by atoms with Crippen molar-refractivity contribution in [2.75, 3.05) is 20.2 Å². The molecule has 1 saturated heterocycles. The summed E-state index contributed by atoms with van der Waals surface area (Å²) in [5, 5.41) is 0.331. The van der Waals surface area contributed by atoms with E-state index < -0.39 is 23.7 Å². The third kappa shape index (κ3) is 6.14. The zero-order chi connectivity index (χ0) is 27.9. The summed E-state index contributed by atoms with van der Waals surface area (Å²) in [4.78, 5) is 14.4. The van der Waals surface area contributed by atoms with Gasteiger partial charge in [-0.15, -0.1) is 13.2 Å². The van der Waals surface area contributed by atoms with E-state index in [9.17, 15) is 18.0 Å². The standard InChI is InChI=1S/C29H32ClF4NO4/c1-17(27(36)37-2)24(18-3-4-18)22-7-5-19-9-10-28(39-26(19)25(22)31)11-13-35(14-12-28)16-20-15-21(30)6-8-23(20)38-29(32,33)34/h5-8,15,17-18,24H,3-4,9-14,16H2,1-2H3. The Morgan fingerprint density at radius 3 is 2.54 bits per heavy atom. The summed E-state index contributed by atoms with van der Waals surface area (Å²) in [5.74, 6) is -1.23. The SMILES string of the molecule is COC(=O)C(C)C(c1ccc2c(c1F)OC1(CC2)CCN(Cc2cc(Cl)ccc2OC(F)(F)F)CC1)C1CC1. The molecule has 5 nitrogen and oxygen atoms in total. The van der Waals surface area contributed by atoms with Crippen LogP contribution >= 0.6 is 11.6 Å². The minimum absolute atomic E-state index is 0.241. The molecule has 2 fully saturated rings. The van der Waals surface area contributed by atoms with Crippen LogP contribution in [-0.4, -0.2) is 43.0 Å². The van der Waals surface area contributed by atoms with E-state index in [1.165, 1.54) is 25.3 Å². The van der Waals surface area contributed by atoms with Crippen molar-refractivity contribution in [3.63, 3.8) is 0 Å². The van der Waals surface area contributed by atoms with Gasteiger partial charge in [-0.1, -0.05) is 30.7 Å². The number of halogens is 5. The Balaban J connectivity index is 1.30. The molecule has 2 aliphatic heterocycles. The van der Waals surface area contributed by atoms with Crippen molar-refractivity contribution in [1.29, 1.82) is 0 Å². The number of nitrogens with zero attached hydrogens (tertiary/aromatic N) is 1. The largest absolute Gasteiger partial charge is 0.573 e. The van der Waals surface area contributed by atoms with Gasteiger partial charge in [0.1, 0.15) is 11.4 Å². The van der Waals surface area contributed by atoms with E-state index in [2.05, 4.69) is 4.74 Å². The van der Waals surface area contributed by atoms with Gasteiger partial charge in [-0.3, -0.25) is 9.69 Å². The van der Waals surface area contributed by atoms with Crippen LogP contribution in [0.1, 0.15) is 61.6 Å². The smallest absolute Gasteiger partial charge is 0.484 e. The monoisotopic (exact) mass is 569 g/mol. The highest BCUT2D eigenvalue weighted by Gasteiger charge is 2.44. The maximum absolute atomic E-state index is 16.0. The molecule has 2 atom stereocenters. The Labute approximate surface area is 230 Å². The number of esters is 1. The number of aryl methyl sites for hydroxylation is 1. The second-order valence-corrected chi connectivity index (χ2v) is 11.4. The number of ether oxygens (including phenoxy) is 3.